The van der Waals surface area contributed by atoms with Crippen LogP contribution in [0.15, 0.2) is 24.3 Å². The Morgan fingerprint density at radius 2 is 2.21 bits per heavy atom. The van der Waals surface area contributed by atoms with E-state index in [0.29, 0.717) is 24.3 Å². The first-order chi connectivity index (χ1) is 9.02. The highest BCUT2D eigenvalue weighted by molar-refractivity contribution is 6.17. The van der Waals surface area contributed by atoms with E-state index in [4.69, 9.17) is 16.7 Å². The Morgan fingerprint density at radius 3 is 2.79 bits per heavy atom. The van der Waals surface area contributed by atoms with Crippen LogP contribution in [-0.2, 0) is 11.2 Å². The number of aliphatic carboxylic acids is 1. The molecule has 0 fully saturated rings. The molecule has 0 aromatic heterocycles. The Hall–Kier alpha value is -1.62. The summed E-state index contributed by atoms with van der Waals surface area (Å²) in [5, 5.41) is 8.58. The zero-order valence-electron chi connectivity index (χ0n) is 9.98. The van der Waals surface area contributed by atoms with Crippen molar-refractivity contribution in [3.05, 3.63) is 35.4 Å². The van der Waals surface area contributed by atoms with Crippen LogP contribution in [0.25, 0.3) is 6.08 Å². The minimum absolute atomic E-state index is 0.0482. The van der Waals surface area contributed by atoms with Crippen LogP contribution >= 0.6 is 11.6 Å². The molecule has 19 heavy (non-hydrogen) atoms. The van der Waals surface area contributed by atoms with Gasteiger partial charge in [0, 0.05) is 12.0 Å². The van der Waals surface area contributed by atoms with Crippen LogP contribution in [0.1, 0.15) is 17.5 Å². The van der Waals surface area contributed by atoms with E-state index in [0.717, 1.165) is 11.6 Å². The van der Waals surface area contributed by atoms with Crippen LogP contribution in [0.2, 0.25) is 0 Å². The zero-order chi connectivity index (χ0) is 14.3. The molecule has 1 aromatic carbocycles. The van der Waals surface area contributed by atoms with Gasteiger partial charge in [-0.1, -0.05) is 6.07 Å². The quantitative estimate of drug-likeness (QED) is 0.617. The summed E-state index contributed by atoms with van der Waals surface area (Å²) in [5.74, 6) is -0.592. The van der Waals surface area contributed by atoms with Gasteiger partial charge >= 0.3 is 12.6 Å². The van der Waals surface area contributed by atoms with Crippen molar-refractivity contribution in [3.63, 3.8) is 0 Å². The van der Waals surface area contributed by atoms with Gasteiger partial charge in [0.2, 0.25) is 0 Å². The number of hydrogen-bond donors (Lipinski definition) is 1. The number of carboxylic acids is 1. The highest BCUT2D eigenvalue weighted by Crippen LogP contribution is 2.22. The molecular formula is C13H13ClF2O3. The Bertz CT molecular complexity index is 461. The molecule has 0 aliphatic rings. The predicted octanol–water partition coefficient (Wildman–Crippen LogP) is 3.56. The van der Waals surface area contributed by atoms with E-state index in [9.17, 15) is 13.6 Å². The molecule has 0 unspecified atom stereocenters. The van der Waals surface area contributed by atoms with Gasteiger partial charge in [-0.2, -0.15) is 8.78 Å². The lowest BCUT2D eigenvalue weighted by atomic mass is 10.0. The molecule has 0 saturated heterocycles. The predicted molar refractivity (Wildman–Crippen MR) is 68.8 cm³/mol. The minimum Gasteiger partial charge on any atom is -0.478 e. The molecule has 0 aliphatic carbocycles. The normalized spacial score (nSPS) is 11.2. The first kappa shape index (κ1) is 15.4. The lowest BCUT2D eigenvalue weighted by molar-refractivity contribution is -0.131. The highest BCUT2D eigenvalue weighted by atomic mass is 35.5. The molecule has 0 atom stereocenters. The standard InChI is InChI=1S/C13H13ClF2O3/c14-7-1-2-10-8-11(19-13(15)16)5-3-9(10)4-6-12(17)18/h3-6,8,13H,1-2,7H2,(H,17,18)/b6-4+. The molecule has 104 valence electrons. The maximum absolute atomic E-state index is 12.1. The number of carboxylic acid groups (broad SMARTS) is 1. The molecule has 0 heterocycles. The van der Waals surface area contributed by atoms with Crippen molar-refractivity contribution >= 4 is 23.6 Å². The number of ether oxygens (including phenoxy) is 1. The molecule has 1 N–H and O–H groups in total. The SMILES string of the molecule is O=C(O)/C=C/c1ccc(OC(F)F)cc1CCCCl. The number of carbonyl (C=O) groups is 1. The van der Waals surface area contributed by atoms with E-state index >= 15 is 0 Å². The smallest absolute Gasteiger partial charge is 0.387 e. The molecule has 6 heteroatoms. The van der Waals surface area contributed by atoms with E-state index in [1.54, 1.807) is 6.07 Å². The number of alkyl halides is 3. The Kier molecular flexibility index (Phi) is 6.29. The number of hydrogen-bond acceptors (Lipinski definition) is 2. The van der Waals surface area contributed by atoms with Gasteiger partial charge in [0.1, 0.15) is 5.75 Å². The van der Waals surface area contributed by atoms with Gasteiger partial charge < -0.3 is 9.84 Å². The Labute approximate surface area is 114 Å². The van der Waals surface area contributed by atoms with Crippen LogP contribution in [0.3, 0.4) is 0 Å². The summed E-state index contributed by atoms with van der Waals surface area (Å²) in [5.41, 5.74) is 1.37. The van der Waals surface area contributed by atoms with Gasteiger partial charge in [0.25, 0.3) is 0 Å². The number of rotatable bonds is 7. The fourth-order valence-corrected chi connectivity index (χ4v) is 1.69. The molecule has 0 amide bonds. The first-order valence-electron chi connectivity index (χ1n) is 5.57. The monoisotopic (exact) mass is 290 g/mol. The van der Waals surface area contributed by atoms with Crippen LogP contribution in [0, 0.1) is 0 Å². The van der Waals surface area contributed by atoms with E-state index in [-0.39, 0.29) is 5.75 Å². The van der Waals surface area contributed by atoms with Crippen molar-refractivity contribution in [2.45, 2.75) is 19.5 Å². The van der Waals surface area contributed by atoms with Gasteiger partial charge in [-0.3, -0.25) is 0 Å². The summed E-state index contributed by atoms with van der Waals surface area (Å²) in [6, 6.07) is 4.39. The van der Waals surface area contributed by atoms with Crippen molar-refractivity contribution < 1.29 is 23.4 Å². The molecule has 3 nitrogen and oxygen atoms in total. The average molecular weight is 291 g/mol. The van der Waals surface area contributed by atoms with E-state index in [1.807, 2.05) is 0 Å². The third-order valence-electron chi connectivity index (χ3n) is 2.32. The molecule has 0 spiro atoms. The van der Waals surface area contributed by atoms with Gasteiger partial charge in [-0.15, -0.1) is 11.6 Å². The maximum atomic E-state index is 12.1. The van der Waals surface area contributed by atoms with Crippen LogP contribution < -0.4 is 4.74 Å². The highest BCUT2D eigenvalue weighted by Gasteiger charge is 2.07. The first-order valence-corrected chi connectivity index (χ1v) is 6.11. The van der Waals surface area contributed by atoms with Crippen molar-refractivity contribution in [2.24, 2.45) is 0 Å². The summed E-state index contributed by atoms with van der Waals surface area (Å²) in [7, 11) is 0. The third-order valence-corrected chi connectivity index (χ3v) is 2.59. The van der Waals surface area contributed by atoms with Crippen molar-refractivity contribution in [3.8, 4) is 5.75 Å². The summed E-state index contributed by atoms with van der Waals surface area (Å²) < 4.78 is 28.6. The molecule has 1 rings (SSSR count). The lowest BCUT2D eigenvalue weighted by Gasteiger charge is -2.09. The van der Waals surface area contributed by atoms with E-state index in [1.165, 1.54) is 18.2 Å². The van der Waals surface area contributed by atoms with Crippen molar-refractivity contribution in [1.29, 1.82) is 0 Å². The Balaban J connectivity index is 2.98. The van der Waals surface area contributed by atoms with E-state index < -0.39 is 12.6 Å². The molecule has 0 aliphatic heterocycles. The minimum atomic E-state index is -2.89. The largest absolute Gasteiger partial charge is 0.478 e. The molecule has 0 radical (unpaired) electrons. The van der Waals surface area contributed by atoms with Gasteiger partial charge in [-0.25, -0.2) is 4.79 Å². The van der Waals surface area contributed by atoms with Crippen molar-refractivity contribution in [2.75, 3.05) is 5.88 Å². The summed E-state index contributed by atoms with van der Waals surface area (Å²) >= 11 is 5.59. The summed E-state index contributed by atoms with van der Waals surface area (Å²) in [6.07, 6.45) is 3.63. The van der Waals surface area contributed by atoms with Crippen molar-refractivity contribution in [1.82, 2.24) is 0 Å². The number of aryl methyl sites for hydroxylation is 1. The van der Waals surface area contributed by atoms with Gasteiger partial charge in [-0.05, 0) is 42.2 Å². The average Bonchev–Trinajstić information content (AvgIpc) is 2.34. The number of halogens is 3. The van der Waals surface area contributed by atoms with Gasteiger partial charge in [0.15, 0.2) is 0 Å². The lowest BCUT2D eigenvalue weighted by Crippen LogP contribution is -2.03. The van der Waals surface area contributed by atoms with Crippen LogP contribution in [-0.4, -0.2) is 23.6 Å². The summed E-state index contributed by atoms with van der Waals surface area (Å²) in [4.78, 5) is 10.5. The van der Waals surface area contributed by atoms with Crippen LogP contribution in [0.5, 0.6) is 5.75 Å². The fraction of sp³-hybridized carbons (Fsp3) is 0.308. The summed E-state index contributed by atoms with van der Waals surface area (Å²) in [6.45, 7) is -2.89. The second-order valence-electron chi connectivity index (χ2n) is 3.70. The zero-order valence-corrected chi connectivity index (χ0v) is 10.7. The second kappa shape index (κ2) is 7.74. The van der Waals surface area contributed by atoms with Crippen LogP contribution in [0.4, 0.5) is 8.78 Å². The third kappa shape index (κ3) is 5.70. The Morgan fingerprint density at radius 1 is 1.47 bits per heavy atom. The maximum Gasteiger partial charge on any atom is 0.387 e. The van der Waals surface area contributed by atoms with E-state index in [2.05, 4.69) is 4.74 Å². The second-order valence-corrected chi connectivity index (χ2v) is 4.08. The molecular weight excluding hydrogens is 278 g/mol. The molecule has 1 aromatic rings. The molecule has 0 saturated carbocycles. The van der Waals surface area contributed by atoms with Gasteiger partial charge in [0.05, 0.1) is 0 Å². The number of benzene rings is 1. The fourth-order valence-electron chi connectivity index (χ4n) is 1.56. The topological polar surface area (TPSA) is 46.5 Å². The molecule has 0 bridgehead atoms.